The number of amides is 3. The monoisotopic (exact) mass is 407 g/mol. The van der Waals surface area contributed by atoms with Crippen molar-refractivity contribution in [1.82, 2.24) is 15.5 Å². The Morgan fingerprint density at radius 1 is 1.19 bits per heavy atom. The Kier molecular flexibility index (Phi) is 7.82. The Bertz CT molecular complexity index is 698. The summed E-state index contributed by atoms with van der Waals surface area (Å²) in [6, 6.07) is 7.64. The number of carbonyl (C=O) groups is 2. The minimum absolute atomic E-state index is 0.164. The Hall–Kier alpha value is -1.74. The maximum atomic E-state index is 12.3. The molecule has 2 N–H and O–H groups in total. The van der Waals surface area contributed by atoms with E-state index in [-0.39, 0.29) is 18.6 Å². The van der Waals surface area contributed by atoms with Crippen molar-refractivity contribution in [1.29, 1.82) is 0 Å². The molecule has 1 aliphatic heterocycles. The van der Waals surface area contributed by atoms with Gasteiger partial charge in [-0.15, -0.1) is 22.7 Å². The smallest absolute Gasteiger partial charge is 0.321 e. The lowest BCUT2D eigenvalue weighted by Crippen LogP contribution is -2.46. The summed E-state index contributed by atoms with van der Waals surface area (Å²) < 4.78 is 5.71. The fourth-order valence-corrected chi connectivity index (χ4v) is 4.51. The lowest BCUT2D eigenvalue weighted by molar-refractivity contribution is -0.121. The molecule has 8 heteroatoms. The first kappa shape index (κ1) is 20.0. The summed E-state index contributed by atoms with van der Waals surface area (Å²) in [5, 5.41) is 9.21. The summed E-state index contributed by atoms with van der Waals surface area (Å²) in [5.74, 6) is -0.293. The molecule has 3 amide bonds. The van der Waals surface area contributed by atoms with Gasteiger partial charge in [-0.05, 0) is 42.2 Å². The van der Waals surface area contributed by atoms with Crippen LogP contribution in [0.4, 0.5) is 4.79 Å². The average Bonchev–Trinajstić information content (AvgIpc) is 3.38. The number of thiophene rings is 2. The van der Waals surface area contributed by atoms with Crippen LogP contribution in [0.1, 0.15) is 22.6 Å². The van der Waals surface area contributed by atoms with Gasteiger partial charge >= 0.3 is 6.03 Å². The quantitative estimate of drug-likeness (QED) is 0.671. The van der Waals surface area contributed by atoms with Crippen molar-refractivity contribution in [3.8, 4) is 0 Å². The van der Waals surface area contributed by atoms with Crippen LogP contribution in [0.15, 0.2) is 35.0 Å². The largest absolute Gasteiger partial charge is 0.377 e. The van der Waals surface area contributed by atoms with Crippen molar-refractivity contribution in [3.63, 3.8) is 0 Å². The van der Waals surface area contributed by atoms with Crippen LogP contribution in [0.5, 0.6) is 0 Å². The summed E-state index contributed by atoms with van der Waals surface area (Å²) >= 11 is 3.32. The topological polar surface area (TPSA) is 70.7 Å². The van der Waals surface area contributed by atoms with Crippen molar-refractivity contribution >= 4 is 34.6 Å². The molecule has 0 unspecified atom stereocenters. The number of nitrogens with one attached hydrogen (secondary N) is 2. The van der Waals surface area contributed by atoms with Gasteiger partial charge in [0.05, 0.1) is 12.6 Å². The van der Waals surface area contributed by atoms with Crippen molar-refractivity contribution in [2.24, 2.45) is 0 Å². The Labute approximate surface area is 167 Å². The number of hydrogen-bond acceptors (Lipinski definition) is 6. The van der Waals surface area contributed by atoms with Crippen molar-refractivity contribution < 1.29 is 14.3 Å². The van der Waals surface area contributed by atoms with E-state index < -0.39 is 6.03 Å². The van der Waals surface area contributed by atoms with Crippen LogP contribution in [-0.2, 0) is 22.5 Å². The SMILES string of the molecule is O=C(CN(Cc1cccs1)C[C@H]1CCCO1)NC(=O)NCCc1cccs1. The van der Waals surface area contributed by atoms with Gasteiger partial charge in [0.15, 0.2) is 0 Å². The normalized spacial score (nSPS) is 16.6. The van der Waals surface area contributed by atoms with E-state index in [9.17, 15) is 9.59 Å². The minimum Gasteiger partial charge on any atom is -0.377 e. The van der Waals surface area contributed by atoms with Gasteiger partial charge in [0.1, 0.15) is 0 Å². The first-order valence-electron chi connectivity index (χ1n) is 9.15. The molecule has 27 heavy (non-hydrogen) atoms. The zero-order valence-corrected chi connectivity index (χ0v) is 16.8. The van der Waals surface area contributed by atoms with E-state index in [1.807, 2.05) is 29.0 Å². The third-order valence-electron chi connectivity index (χ3n) is 4.30. The van der Waals surface area contributed by atoms with E-state index in [1.54, 1.807) is 22.7 Å². The molecule has 1 fully saturated rings. The fourth-order valence-electron chi connectivity index (χ4n) is 3.05. The molecule has 1 aliphatic rings. The fraction of sp³-hybridized carbons (Fsp3) is 0.474. The van der Waals surface area contributed by atoms with Gasteiger partial charge in [0.25, 0.3) is 0 Å². The summed E-state index contributed by atoms with van der Waals surface area (Å²) in [6.45, 7) is 2.86. The van der Waals surface area contributed by atoms with E-state index in [0.29, 0.717) is 19.6 Å². The highest BCUT2D eigenvalue weighted by atomic mass is 32.1. The van der Waals surface area contributed by atoms with Crippen molar-refractivity contribution in [2.45, 2.75) is 31.9 Å². The molecule has 146 valence electrons. The number of imide groups is 1. The van der Waals surface area contributed by atoms with Crippen LogP contribution in [0, 0.1) is 0 Å². The molecule has 6 nitrogen and oxygen atoms in total. The van der Waals surface area contributed by atoms with E-state index in [1.165, 1.54) is 9.75 Å². The second-order valence-electron chi connectivity index (χ2n) is 6.52. The van der Waals surface area contributed by atoms with Crippen LogP contribution >= 0.6 is 22.7 Å². The zero-order valence-electron chi connectivity index (χ0n) is 15.2. The predicted molar refractivity (Wildman–Crippen MR) is 108 cm³/mol. The summed E-state index contributed by atoms with van der Waals surface area (Å²) in [7, 11) is 0. The van der Waals surface area contributed by atoms with Crippen molar-refractivity contribution in [2.75, 3.05) is 26.2 Å². The number of carbonyl (C=O) groups excluding carboxylic acids is 2. The number of rotatable bonds is 9. The molecule has 2 aromatic heterocycles. The van der Waals surface area contributed by atoms with E-state index in [4.69, 9.17) is 4.74 Å². The maximum absolute atomic E-state index is 12.3. The second-order valence-corrected chi connectivity index (χ2v) is 8.58. The molecule has 0 saturated carbocycles. The van der Waals surface area contributed by atoms with Gasteiger partial charge in [0.2, 0.25) is 5.91 Å². The number of ether oxygens (including phenoxy) is 1. The van der Waals surface area contributed by atoms with Gasteiger partial charge in [-0.25, -0.2) is 4.79 Å². The molecule has 0 aliphatic carbocycles. The molecule has 2 aromatic rings. The highest BCUT2D eigenvalue weighted by Gasteiger charge is 2.22. The van der Waals surface area contributed by atoms with Gasteiger partial charge in [-0.1, -0.05) is 12.1 Å². The highest BCUT2D eigenvalue weighted by Crippen LogP contribution is 2.17. The Morgan fingerprint density at radius 3 is 2.63 bits per heavy atom. The number of hydrogen-bond donors (Lipinski definition) is 2. The molecule has 0 bridgehead atoms. The second kappa shape index (κ2) is 10.6. The van der Waals surface area contributed by atoms with E-state index in [2.05, 4.69) is 21.6 Å². The summed E-state index contributed by atoms with van der Waals surface area (Å²) in [5.41, 5.74) is 0. The van der Waals surface area contributed by atoms with Gasteiger partial charge in [0, 0.05) is 36.0 Å². The Balaban J connectivity index is 1.43. The molecule has 1 atom stereocenters. The van der Waals surface area contributed by atoms with Gasteiger partial charge in [-0.3, -0.25) is 15.0 Å². The van der Waals surface area contributed by atoms with Crippen molar-refractivity contribution in [3.05, 3.63) is 44.8 Å². The van der Waals surface area contributed by atoms with Gasteiger partial charge < -0.3 is 10.1 Å². The first-order valence-corrected chi connectivity index (χ1v) is 10.9. The molecule has 0 spiro atoms. The lowest BCUT2D eigenvalue weighted by atomic mass is 10.2. The summed E-state index contributed by atoms with van der Waals surface area (Å²) in [6.07, 6.45) is 3.02. The van der Waals surface area contributed by atoms with Crippen LogP contribution in [0.25, 0.3) is 0 Å². The number of nitrogens with zero attached hydrogens (tertiary/aromatic N) is 1. The lowest BCUT2D eigenvalue weighted by Gasteiger charge is -2.24. The Morgan fingerprint density at radius 2 is 1.96 bits per heavy atom. The van der Waals surface area contributed by atoms with Crippen LogP contribution in [0.2, 0.25) is 0 Å². The molecule has 0 aromatic carbocycles. The predicted octanol–water partition coefficient (Wildman–Crippen LogP) is 2.86. The highest BCUT2D eigenvalue weighted by molar-refractivity contribution is 7.10. The zero-order chi connectivity index (χ0) is 18.9. The molecule has 3 rings (SSSR count). The third kappa shape index (κ3) is 7.06. The van der Waals surface area contributed by atoms with E-state index in [0.717, 1.165) is 25.9 Å². The number of urea groups is 1. The maximum Gasteiger partial charge on any atom is 0.321 e. The minimum atomic E-state index is -0.440. The molecular weight excluding hydrogens is 382 g/mol. The van der Waals surface area contributed by atoms with Crippen LogP contribution in [0.3, 0.4) is 0 Å². The van der Waals surface area contributed by atoms with E-state index >= 15 is 0 Å². The molecule has 1 saturated heterocycles. The van der Waals surface area contributed by atoms with Gasteiger partial charge in [-0.2, -0.15) is 0 Å². The standard InChI is InChI=1S/C19H25N3O3S2/c23-18(21-19(24)20-8-7-16-5-2-10-26-16)14-22(12-15-4-1-9-25-15)13-17-6-3-11-27-17/h2-3,5-6,10-11,15H,1,4,7-9,12-14H2,(H2,20,21,23,24)/t15-/m1/s1. The first-order chi connectivity index (χ1) is 13.2. The molecular formula is C19H25N3O3S2. The van der Waals surface area contributed by atoms with Crippen LogP contribution < -0.4 is 10.6 Å². The molecule has 3 heterocycles. The summed E-state index contributed by atoms with van der Waals surface area (Å²) in [4.78, 5) is 28.7. The molecule has 0 radical (unpaired) electrons. The van der Waals surface area contributed by atoms with Crippen LogP contribution in [-0.4, -0.2) is 49.2 Å². The third-order valence-corrected chi connectivity index (χ3v) is 6.10. The average molecular weight is 408 g/mol.